The van der Waals surface area contributed by atoms with Crippen LogP contribution < -0.4 is 4.74 Å². The van der Waals surface area contributed by atoms with Crippen LogP contribution in [0.1, 0.15) is 48.5 Å². The highest BCUT2D eigenvalue weighted by Crippen LogP contribution is 2.28. The summed E-state index contributed by atoms with van der Waals surface area (Å²) in [5.74, 6) is 1.22. The highest BCUT2D eigenvalue weighted by Gasteiger charge is 2.22. The molecule has 0 saturated heterocycles. The van der Waals surface area contributed by atoms with Gasteiger partial charge in [-0.1, -0.05) is 12.8 Å². The van der Waals surface area contributed by atoms with Crippen molar-refractivity contribution in [2.24, 2.45) is 0 Å². The fourth-order valence-corrected chi connectivity index (χ4v) is 4.16. The zero-order valence-electron chi connectivity index (χ0n) is 11.5. The van der Waals surface area contributed by atoms with Crippen LogP contribution in [0.5, 0.6) is 5.75 Å². The van der Waals surface area contributed by atoms with Crippen LogP contribution in [-0.2, 0) is 16.6 Å². The fraction of sp³-hybridized carbons (Fsp3) is 0.533. The summed E-state index contributed by atoms with van der Waals surface area (Å²) in [5, 5.41) is 0.311. The molecule has 0 radical (unpaired) electrons. The van der Waals surface area contributed by atoms with E-state index in [1.165, 1.54) is 12.8 Å². The van der Waals surface area contributed by atoms with Gasteiger partial charge in [0.2, 0.25) is 0 Å². The molecule has 3 nitrogen and oxygen atoms in total. The van der Waals surface area contributed by atoms with E-state index in [2.05, 4.69) is 0 Å². The second-order valence-electron chi connectivity index (χ2n) is 5.01. The van der Waals surface area contributed by atoms with E-state index in [4.69, 9.17) is 4.74 Å². The minimum atomic E-state index is -0.871. The van der Waals surface area contributed by atoms with Gasteiger partial charge >= 0.3 is 0 Å². The lowest BCUT2D eigenvalue weighted by Gasteiger charge is -2.13. The summed E-state index contributed by atoms with van der Waals surface area (Å²) in [6.45, 7) is 1.54. The van der Waals surface area contributed by atoms with Gasteiger partial charge < -0.3 is 4.74 Å². The zero-order valence-corrected chi connectivity index (χ0v) is 12.3. The van der Waals surface area contributed by atoms with Gasteiger partial charge in [0, 0.05) is 27.2 Å². The summed E-state index contributed by atoms with van der Waals surface area (Å²) < 4.78 is 17.6. The predicted molar refractivity (Wildman–Crippen MR) is 77.1 cm³/mol. The normalized spacial score (nSPS) is 17.4. The van der Waals surface area contributed by atoms with Gasteiger partial charge in [0.1, 0.15) is 5.75 Å². The van der Waals surface area contributed by atoms with Crippen molar-refractivity contribution in [2.75, 3.05) is 7.11 Å². The summed E-state index contributed by atoms with van der Waals surface area (Å²) in [5.41, 5.74) is 1.53. The molecule has 0 bridgehead atoms. The van der Waals surface area contributed by atoms with Gasteiger partial charge in [0.25, 0.3) is 0 Å². The number of hydrogen-bond donors (Lipinski definition) is 0. The van der Waals surface area contributed by atoms with Crippen molar-refractivity contribution < 1.29 is 13.7 Å². The van der Waals surface area contributed by atoms with Crippen molar-refractivity contribution in [3.8, 4) is 5.75 Å². The first-order chi connectivity index (χ1) is 9.11. The monoisotopic (exact) mass is 280 g/mol. The van der Waals surface area contributed by atoms with E-state index in [9.17, 15) is 9.00 Å². The average Bonchev–Trinajstić information content (AvgIpc) is 2.92. The molecule has 1 aromatic rings. The topological polar surface area (TPSA) is 43.4 Å². The third-order valence-corrected chi connectivity index (χ3v) is 5.47. The minimum absolute atomic E-state index is 0.0237. The Balaban J connectivity index is 2.19. The molecule has 1 unspecified atom stereocenters. The quantitative estimate of drug-likeness (QED) is 0.778. The highest BCUT2D eigenvalue weighted by atomic mass is 32.2. The molecule has 104 valence electrons. The van der Waals surface area contributed by atoms with Crippen LogP contribution in [0.2, 0.25) is 0 Å². The lowest BCUT2D eigenvalue weighted by Crippen LogP contribution is -2.13. The summed E-state index contributed by atoms with van der Waals surface area (Å²) in [6, 6.07) is 5.36. The number of benzene rings is 1. The van der Waals surface area contributed by atoms with Gasteiger partial charge in [0.05, 0.1) is 12.9 Å². The molecule has 1 aliphatic rings. The summed E-state index contributed by atoms with van der Waals surface area (Å²) in [6.07, 6.45) is 4.48. The van der Waals surface area contributed by atoms with Crippen LogP contribution in [0, 0.1) is 0 Å². The summed E-state index contributed by atoms with van der Waals surface area (Å²) >= 11 is 0. The van der Waals surface area contributed by atoms with E-state index in [1.54, 1.807) is 26.2 Å². The van der Waals surface area contributed by atoms with Crippen molar-refractivity contribution in [3.05, 3.63) is 29.3 Å². The highest BCUT2D eigenvalue weighted by molar-refractivity contribution is 7.84. The lowest BCUT2D eigenvalue weighted by atomic mass is 10.1. The first-order valence-corrected chi connectivity index (χ1v) is 8.05. The molecule has 0 amide bonds. The van der Waals surface area contributed by atoms with E-state index < -0.39 is 10.8 Å². The molecule has 0 aliphatic heterocycles. The van der Waals surface area contributed by atoms with E-state index in [0.29, 0.717) is 16.6 Å². The molecule has 1 atom stereocenters. The Bertz CT molecular complexity index is 490. The number of ketones is 1. The standard InChI is InChI=1S/C15H20O3S/c1-11(16)12-7-8-15(18-2)13(9-12)10-19(17)14-5-3-4-6-14/h7-9,14H,3-6,10H2,1-2H3. The van der Waals surface area contributed by atoms with E-state index in [0.717, 1.165) is 24.2 Å². The molecule has 19 heavy (non-hydrogen) atoms. The Labute approximate surface area is 116 Å². The summed E-state index contributed by atoms with van der Waals surface area (Å²) in [4.78, 5) is 11.4. The zero-order chi connectivity index (χ0) is 13.8. The smallest absolute Gasteiger partial charge is 0.159 e. The first-order valence-electron chi connectivity index (χ1n) is 6.67. The molecule has 1 aliphatic carbocycles. The van der Waals surface area contributed by atoms with Crippen LogP contribution in [0.25, 0.3) is 0 Å². The Morgan fingerprint density at radius 2 is 2.05 bits per heavy atom. The van der Waals surface area contributed by atoms with Crippen LogP contribution in [0.4, 0.5) is 0 Å². The Morgan fingerprint density at radius 1 is 1.37 bits per heavy atom. The van der Waals surface area contributed by atoms with Crippen LogP contribution in [0.15, 0.2) is 18.2 Å². The maximum absolute atomic E-state index is 12.3. The van der Waals surface area contributed by atoms with Crippen LogP contribution >= 0.6 is 0 Å². The number of ether oxygens (including phenoxy) is 1. The van der Waals surface area contributed by atoms with Gasteiger partial charge in [0.15, 0.2) is 5.78 Å². The Kier molecular flexibility index (Phi) is 4.75. The molecular weight excluding hydrogens is 260 g/mol. The number of hydrogen-bond acceptors (Lipinski definition) is 3. The molecule has 1 aromatic carbocycles. The van der Waals surface area contributed by atoms with Gasteiger partial charge in [-0.2, -0.15) is 0 Å². The van der Waals surface area contributed by atoms with E-state index in [-0.39, 0.29) is 5.78 Å². The van der Waals surface area contributed by atoms with Gasteiger partial charge in [-0.05, 0) is 38.0 Å². The third-order valence-electron chi connectivity index (χ3n) is 3.66. The van der Waals surface area contributed by atoms with Crippen molar-refractivity contribution in [1.29, 1.82) is 0 Å². The third kappa shape index (κ3) is 3.44. The SMILES string of the molecule is COc1ccc(C(C)=O)cc1CS(=O)C1CCCC1. The molecule has 4 heteroatoms. The van der Waals surface area contributed by atoms with Crippen molar-refractivity contribution in [2.45, 2.75) is 43.6 Å². The van der Waals surface area contributed by atoms with Crippen LogP contribution in [-0.4, -0.2) is 22.4 Å². The molecule has 0 N–H and O–H groups in total. The molecule has 1 fully saturated rings. The molecule has 0 aromatic heterocycles. The number of carbonyl (C=O) groups excluding carboxylic acids is 1. The van der Waals surface area contributed by atoms with Crippen molar-refractivity contribution >= 4 is 16.6 Å². The Morgan fingerprint density at radius 3 is 2.63 bits per heavy atom. The van der Waals surface area contributed by atoms with Crippen molar-refractivity contribution in [3.63, 3.8) is 0 Å². The van der Waals surface area contributed by atoms with Gasteiger partial charge in [-0.15, -0.1) is 0 Å². The number of methoxy groups -OCH3 is 1. The number of Topliss-reactive ketones (excluding diaryl/α,β-unsaturated/α-hetero) is 1. The molecule has 1 saturated carbocycles. The maximum atomic E-state index is 12.3. The molecular formula is C15H20O3S. The second kappa shape index (κ2) is 6.33. The second-order valence-corrected chi connectivity index (χ2v) is 6.73. The molecule has 0 heterocycles. The predicted octanol–water partition coefficient (Wildman–Crippen LogP) is 3.09. The fourth-order valence-electron chi connectivity index (χ4n) is 2.53. The van der Waals surface area contributed by atoms with Crippen LogP contribution in [0.3, 0.4) is 0 Å². The molecule has 0 spiro atoms. The average molecular weight is 280 g/mol. The Hall–Kier alpha value is -1.16. The van der Waals surface area contributed by atoms with Crippen molar-refractivity contribution in [1.82, 2.24) is 0 Å². The van der Waals surface area contributed by atoms with Gasteiger partial charge in [-0.25, -0.2) is 0 Å². The number of carbonyl (C=O) groups is 1. The lowest BCUT2D eigenvalue weighted by molar-refractivity contribution is 0.101. The maximum Gasteiger partial charge on any atom is 0.159 e. The van der Waals surface area contributed by atoms with E-state index >= 15 is 0 Å². The largest absolute Gasteiger partial charge is 0.496 e. The number of rotatable bonds is 5. The molecule has 2 rings (SSSR count). The van der Waals surface area contributed by atoms with E-state index in [1.807, 2.05) is 6.07 Å². The summed E-state index contributed by atoms with van der Waals surface area (Å²) in [7, 11) is 0.731. The first kappa shape index (κ1) is 14.3. The van der Waals surface area contributed by atoms with Gasteiger partial charge in [-0.3, -0.25) is 9.00 Å². The minimum Gasteiger partial charge on any atom is -0.496 e.